The van der Waals surface area contributed by atoms with Gasteiger partial charge in [0.05, 0.1) is 12.7 Å². The van der Waals surface area contributed by atoms with Crippen LogP contribution in [-0.4, -0.2) is 35.6 Å². The van der Waals surface area contributed by atoms with Gasteiger partial charge >= 0.3 is 0 Å². The number of hydrogen-bond acceptors (Lipinski definition) is 4. The van der Waals surface area contributed by atoms with Gasteiger partial charge in [0, 0.05) is 12.6 Å². The Balaban J connectivity index is 2.21. The lowest BCUT2D eigenvalue weighted by Gasteiger charge is -2.20. The molecule has 5 heteroatoms. The maximum absolute atomic E-state index is 8.82. The molecule has 0 aromatic heterocycles. The summed E-state index contributed by atoms with van der Waals surface area (Å²) >= 11 is 0. The third-order valence-electron chi connectivity index (χ3n) is 3.50. The van der Waals surface area contributed by atoms with Crippen molar-refractivity contribution in [3.05, 3.63) is 29.3 Å². The van der Waals surface area contributed by atoms with E-state index < -0.39 is 0 Å². The summed E-state index contributed by atoms with van der Waals surface area (Å²) < 4.78 is 5.23. The van der Waals surface area contributed by atoms with Crippen LogP contribution in [0.15, 0.2) is 23.4 Å². The summed E-state index contributed by atoms with van der Waals surface area (Å²) in [6.45, 7) is 4.10. The lowest BCUT2D eigenvalue weighted by Crippen LogP contribution is -2.25. The fraction of sp³-hybridized carbons (Fsp3) is 0.500. The van der Waals surface area contributed by atoms with Crippen molar-refractivity contribution in [3.8, 4) is 5.75 Å². The summed E-state index contributed by atoms with van der Waals surface area (Å²) in [7, 11) is 1.58. The van der Waals surface area contributed by atoms with E-state index in [2.05, 4.69) is 17.0 Å². The quantitative estimate of drug-likeness (QED) is 0.355. The topological polar surface area (TPSA) is 71.1 Å². The average molecular weight is 263 g/mol. The second-order valence-corrected chi connectivity index (χ2v) is 4.81. The van der Waals surface area contributed by atoms with E-state index in [1.807, 2.05) is 18.2 Å². The summed E-state index contributed by atoms with van der Waals surface area (Å²) in [6, 6.07) is 6.54. The number of nitrogens with zero attached hydrogens (tertiary/aromatic N) is 2. The van der Waals surface area contributed by atoms with Crippen molar-refractivity contribution < 1.29 is 9.94 Å². The molecule has 5 nitrogen and oxygen atoms in total. The van der Waals surface area contributed by atoms with E-state index in [0.29, 0.717) is 11.3 Å². The van der Waals surface area contributed by atoms with Crippen LogP contribution in [0.5, 0.6) is 5.75 Å². The molecule has 1 saturated carbocycles. The van der Waals surface area contributed by atoms with Crippen LogP contribution in [0.2, 0.25) is 0 Å². The molecule has 0 spiro atoms. The van der Waals surface area contributed by atoms with Crippen molar-refractivity contribution in [2.45, 2.75) is 32.4 Å². The first-order valence-electron chi connectivity index (χ1n) is 6.58. The molecular weight excluding hydrogens is 242 g/mol. The maximum atomic E-state index is 8.82. The van der Waals surface area contributed by atoms with E-state index in [1.165, 1.54) is 12.8 Å². The highest BCUT2D eigenvalue weighted by atomic mass is 16.5. The van der Waals surface area contributed by atoms with Crippen LogP contribution < -0.4 is 10.5 Å². The summed E-state index contributed by atoms with van der Waals surface area (Å²) in [5.74, 6) is 0.696. The lowest BCUT2D eigenvalue weighted by atomic mass is 10.1. The highest BCUT2D eigenvalue weighted by molar-refractivity contribution is 5.99. The van der Waals surface area contributed by atoms with Gasteiger partial charge in [0.25, 0.3) is 0 Å². The zero-order valence-corrected chi connectivity index (χ0v) is 11.5. The van der Waals surface area contributed by atoms with Crippen LogP contribution in [0.3, 0.4) is 0 Å². The van der Waals surface area contributed by atoms with E-state index in [-0.39, 0.29) is 5.84 Å². The fourth-order valence-corrected chi connectivity index (χ4v) is 2.28. The first kappa shape index (κ1) is 13.7. The molecule has 104 valence electrons. The monoisotopic (exact) mass is 263 g/mol. The Morgan fingerprint density at radius 1 is 1.53 bits per heavy atom. The first-order chi connectivity index (χ1) is 9.19. The Labute approximate surface area is 113 Å². The minimum atomic E-state index is 0.0770. The summed E-state index contributed by atoms with van der Waals surface area (Å²) in [6.07, 6.45) is 2.58. The summed E-state index contributed by atoms with van der Waals surface area (Å²) in [4.78, 5) is 2.44. The molecule has 2 rings (SSSR count). The van der Waals surface area contributed by atoms with Gasteiger partial charge < -0.3 is 15.7 Å². The molecule has 1 aliphatic carbocycles. The second-order valence-electron chi connectivity index (χ2n) is 4.81. The Kier molecular flexibility index (Phi) is 4.27. The van der Waals surface area contributed by atoms with Crippen LogP contribution in [0.4, 0.5) is 0 Å². The Hall–Kier alpha value is -1.75. The van der Waals surface area contributed by atoms with Crippen molar-refractivity contribution in [2.24, 2.45) is 10.9 Å². The van der Waals surface area contributed by atoms with Gasteiger partial charge in [-0.15, -0.1) is 0 Å². The number of benzene rings is 1. The summed E-state index contributed by atoms with van der Waals surface area (Å²) in [5.41, 5.74) is 7.46. The molecule has 0 amide bonds. The van der Waals surface area contributed by atoms with Gasteiger partial charge in [0.15, 0.2) is 5.84 Å². The van der Waals surface area contributed by atoms with Gasteiger partial charge in [-0.25, -0.2) is 0 Å². The number of amidine groups is 1. The third-order valence-corrected chi connectivity index (χ3v) is 3.50. The molecule has 1 aliphatic rings. The molecule has 19 heavy (non-hydrogen) atoms. The normalized spacial score (nSPS) is 15.8. The molecule has 0 unspecified atom stereocenters. The molecule has 0 saturated heterocycles. The van der Waals surface area contributed by atoms with Crippen LogP contribution in [-0.2, 0) is 6.54 Å². The van der Waals surface area contributed by atoms with Crippen LogP contribution in [0, 0.1) is 0 Å². The van der Waals surface area contributed by atoms with E-state index in [1.54, 1.807) is 7.11 Å². The van der Waals surface area contributed by atoms with Crippen molar-refractivity contribution in [3.63, 3.8) is 0 Å². The Morgan fingerprint density at radius 2 is 2.26 bits per heavy atom. The molecule has 0 radical (unpaired) electrons. The number of rotatable bonds is 6. The van der Waals surface area contributed by atoms with Crippen molar-refractivity contribution in [2.75, 3.05) is 13.7 Å². The smallest absolute Gasteiger partial charge is 0.173 e. The first-order valence-corrected chi connectivity index (χ1v) is 6.58. The standard InChI is InChI=1S/C14H21N3O2/c1-3-17(11-5-6-11)9-10-4-7-13(19-2)12(8-10)14(15)16-18/h4,7-8,11,18H,3,5-6,9H2,1-2H3,(H2,15,16). The summed E-state index contributed by atoms with van der Waals surface area (Å²) in [5, 5.41) is 11.9. The minimum Gasteiger partial charge on any atom is -0.496 e. The lowest BCUT2D eigenvalue weighted by molar-refractivity contribution is 0.269. The van der Waals surface area contributed by atoms with Crippen molar-refractivity contribution >= 4 is 5.84 Å². The van der Waals surface area contributed by atoms with Gasteiger partial charge in [0.1, 0.15) is 5.75 Å². The number of oxime groups is 1. The number of hydrogen-bond donors (Lipinski definition) is 2. The van der Waals surface area contributed by atoms with Crippen molar-refractivity contribution in [1.82, 2.24) is 4.90 Å². The van der Waals surface area contributed by atoms with Crippen molar-refractivity contribution in [1.29, 1.82) is 0 Å². The Morgan fingerprint density at radius 3 is 2.79 bits per heavy atom. The van der Waals surface area contributed by atoms with E-state index in [4.69, 9.17) is 15.7 Å². The highest BCUT2D eigenvalue weighted by Gasteiger charge is 2.27. The number of ether oxygens (including phenoxy) is 1. The molecule has 3 N–H and O–H groups in total. The van der Waals surface area contributed by atoms with Gasteiger partial charge in [-0.3, -0.25) is 4.90 Å². The molecule has 0 aliphatic heterocycles. The maximum Gasteiger partial charge on any atom is 0.173 e. The molecule has 0 atom stereocenters. The van der Waals surface area contributed by atoms with Gasteiger partial charge in [-0.2, -0.15) is 0 Å². The minimum absolute atomic E-state index is 0.0770. The van der Waals surface area contributed by atoms with E-state index in [0.717, 1.165) is 24.7 Å². The van der Waals surface area contributed by atoms with Crippen LogP contribution >= 0.6 is 0 Å². The van der Waals surface area contributed by atoms with Crippen LogP contribution in [0.25, 0.3) is 0 Å². The second kappa shape index (κ2) is 5.93. The van der Waals surface area contributed by atoms with Crippen LogP contribution in [0.1, 0.15) is 30.9 Å². The zero-order valence-electron chi connectivity index (χ0n) is 11.5. The molecule has 1 aromatic rings. The van der Waals surface area contributed by atoms with Gasteiger partial charge in [-0.05, 0) is 37.1 Å². The predicted molar refractivity (Wildman–Crippen MR) is 74.6 cm³/mol. The molecule has 1 aromatic carbocycles. The number of methoxy groups -OCH3 is 1. The van der Waals surface area contributed by atoms with Gasteiger partial charge in [-0.1, -0.05) is 18.1 Å². The van der Waals surface area contributed by atoms with E-state index >= 15 is 0 Å². The average Bonchev–Trinajstić information content (AvgIpc) is 3.28. The van der Waals surface area contributed by atoms with Gasteiger partial charge in [0.2, 0.25) is 0 Å². The molecule has 0 bridgehead atoms. The zero-order chi connectivity index (χ0) is 13.8. The highest BCUT2D eigenvalue weighted by Crippen LogP contribution is 2.29. The molecular formula is C14H21N3O2. The Bertz CT molecular complexity index is 470. The molecule has 1 fully saturated rings. The largest absolute Gasteiger partial charge is 0.496 e. The fourth-order valence-electron chi connectivity index (χ4n) is 2.28. The SMILES string of the molecule is CCN(Cc1ccc(OC)c(C(N)=NO)c1)C1CC1. The predicted octanol–water partition coefficient (Wildman–Crippen LogP) is 1.77. The number of nitrogens with two attached hydrogens (primary N) is 1. The van der Waals surface area contributed by atoms with E-state index in [9.17, 15) is 0 Å². The molecule has 0 heterocycles. The third kappa shape index (κ3) is 3.17.